The molecule has 1 N–H and O–H groups in total. The molecule has 1 aromatic heterocycles. The van der Waals surface area contributed by atoms with Crippen LogP contribution in [0.1, 0.15) is 24.1 Å². The number of nitrogens with one attached hydrogen (secondary N) is 1. The Hall–Kier alpha value is -0.930. The monoisotopic (exact) mass is 194 g/mol. The summed E-state index contributed by atoms with van der Waals surface area (Å²) in [6.07, 6.45) is 3.74. The highest BCUT2D eigenvalue weighted by molar-refractivity contribution is 5.20. The maximum absolute atomic E-state index is 5.39. The zero-order valence-corrected chi connectivity index (χ0v) is 9.08. The molecular weight excluding hydrogens is 176 g/mol. The van der Waals surface area contributed by atoms with Gasteiger partial charge in [0.1, 0.15) is 0 Å². The van der Waals surface area contributed by atoms with Gasteiger partial charge in [0.05, 0.1) is 12.6 Å². The van der Waals surface area contributed by atoms with Crippen molar-refractivity contribution in [2.45, 2.75) is 19.9 Å². The van der Waals surface area contributed by atoms with Gasteiger partial charge in [-0.3, -0.25) is 4.98 Å². The number of pyridine rings is 1. The van der Waals surface area contributed by atoms with E-state index in [4.69, 9.17) is 4.74 Å². The molecule has 0 amide bonds. The van der Waals surface area contributed by atoms with Crippen molar-refractivity contribution in [3.05, 3.63) is 29.6 Å². The number of aromatic nitrogens is 1. The molecule has 0 bridgehead atoms. The molecule has 14 heavy (non-hydrogen) atoms. The maximum atomic E-state index is 5.39. The van der Waals surface area contributed by atoms with Crippen LogP contribution in [0.4, 0.5) is 0 Å². The van der Waals surface area contributed by atoms with Gasteiger partial charge in [-0.15, -0.1) is 0 Å². The Labute approximate surface area is 85.5 Å². The van der Waals surface area contributed by atoms with Crippen molar-refractivity contribution in [3.63, 3.8) is 0 Å². The highest BCUT2D eigenvalue weighted by Crippen LogP contribution is 2.12. The van der Waals surface area contributed by atoms with Crippen molar-refractivity contribution in [3.8, 4) is 0 Å². The van der Waals surface area contributed by atoms with E-state index in [-0.39, 0.29) is 6.04 Å². The van der Waals surface area contributed by atoms with E-state index < -0.39 is 0 Å². The van der Waals surface area contributed by atoms with Gasteiger partial charge in [-0.2, -0.15) is 0 Å². The summed E-state index contributed by atoms with van der Waals surface area (Å²) in [6, 6.07) is 2.37. The number of nitrogens with zero attached hydrogens (tertiary/aromatic N) is 1. The summed E-state index contributed by atoms with van der Waals surface area (Å²) in [5.74, 6) is 0. The van der Waals surface area contributed by atoms with Crippen LogP contribution in [0.5, 0.6) is 0 Å². The third-order valence-electron chi connectivity index (χ3n) is 2.14. The van der Waals surface area contributed by atoms with E-state index in [0.717, 1.165) is 6.61 Å². The molecule has 0 aliphatic carbocycles. The number of ether oxygens (including phenoxy) is 1. The van der Waals surface area contributed by atoms with E-state index in [1.165, 1.54) is 11.1 Å². The maximum Gasteiger partial charge on any atom is 0.0661 e. The van der Waals surface area contributed by atoms with Gasteiger partial charge in [0.15, 0.2) is 0 Å². The Balaban J connectivity index is 2.68. The minimum absolute atomic E-state index is 0.238. The molecule has 1 rings (SSSR count). The van der Waals surface area contributed by atoms with Crippen LogP contribution in [0.15, 0.2) is 18.5 Å². The van der Waals surface area contributed by atoms with E-state index in [2.05, 4.69) is 16.4 Å². The van der Waals surface area contributed by atoms with Crippen LogP contribution in [-0.4, -0.2) is 25.2 Å². The van der Waals surface area contributed by atoms with Crippen LogP contribution >= 0.6 is 0 Å². The SMILES string of the molecule is CCOCC(NC)c1cncc(C)c1. The number of hydrogen-bond acceptors (Lipinski definition) is 3. The summed E-state index contributed by atoms with van der Waals surface area (Å²) < 4.78 is 5.39. The lowest BCUT2D eigenvalue weighted by atomic mass is 10.1. The van der Waals surface area contributed by atoms with Crippen LogP contribution in [0.25, 0.3) is 0 Å². The Bertz CT molecular complexity index is 276. The zero-order chi connectivity index (χ0) is 10.4. The van der Waals surface area contributed by atoms with Crippen LogP contribution in [-0.2, 0) is 4.74 Å². The summed E-state index contributed by atoms with van der Waals surface area (Å²) in [5.41, 5.74) is 2.36. The predicted octanol–water partition coefficient (Wildman–Crippen LogP) is 1.69. The lowest BCUT2D eigenvalue weighted by molar-refractivity contribution is 0.125. The molecule has 0 spiro atoms. The van der Waals surface area contributed by atoms with E-state index >= 15 is 0 Å². The largest absolute Gasteiger partial charge is 0.380 e. The Morgan fingerprint density at radius 1 is 1.50 bits per heavy atom. The van der Waals surface area contributed by atoms with Crippen LogP contribution in [0, 0.1) is 6.92 Å². The second-order valence-electron chi connectivity index (χ2n) is 3.30. The van der Waals surface area contributed by atoms with Crippen LogP contribution in [0.3, 0.4) is 0 Å². The van der Waals surface area contributed by atoms with Gasteiger partial charge in [-0.1, -0.05) is 6.07 Å². The summed E-state index contributed by atoms with van der Waals surface area (Å²) in [4.78, 5) is 4.17. The fourth-order valence-corrected chi connectivity index (χ4v) is 1.35. The minimum Gasteiger partial charge on any atom is -0.380 e. The first kappa shape index (κ1) is 11.1. The first-order valence-corrected chi connectivity index (χ1v) is 4.94. The Morgan fingerprint density at radius 3 is 2.86 bits per heavy atom. The summed E-state index contributed by atoms with van der Waals surface area (Å²) in [6.45, 7) is 5.49. The molecule has 0 fully saturated rings. The molecule has 0 saturated heterocycles. The molecular formula is C11H18N2O. The van der Waals surface area contributed by atoms with Crippen molar-refractivity contribution in [1.82, 2.24) is 10.3 Å². The van der Waals surface area contributed by atoms with Gasteiger partial charge in [-0.05, 0) is 32.0 Å². The molecule has 0 aliphatic rings. The quantitative estimate of drug-likeness (QED) is 0.774. The predicted molar refractivity (Wildman–Crippen MR) is 57.3 cm³/mol. The average Bonchev–Trinajstić information content (AvgIpc) is 2.19. The normalized spacial score (nSPS) is 12.8. The second-order valence-corrected chi connectivity index (χ2v) is 3.30. The fraction of sp³-hybridized carbons (Fsp3) is 0.545. The highest BCUT2D eigenvalue weighted by Gasteiger charge is 2.08. The molecule has 0 aliphatic heterocycles. The number of likely N-dealkylation sites (N-methyl/N-ethyl adjacent to an activating group) is 1. The smallest absolute Gasteiger partial charge is 0.0661 e. The first-order valence-electron chi connectivity index (χ1n) is 4.94. The van der Waals surface area contributed by atoms with E-state index in [1.807, 2.05) is 33.3 Å². The van der Waals surface area contributed by atoms with Gasteiger partial charge in [0, 0.05) is 19.0 Å². The molecule has 1 atom stereocenters. The van der Waals surface area contributed by atoms with Gasteiger partial charge in [0.25, 0.3) is 0 Å². The first-order chi connectivity index (χ1) is 6.77. The van der Waals surface area contributed by atoms with Gasteiger partial charge in [-0.25, -0.2) is 0 Å². The highest BCUT2D eigenvalue weighted by atomic mass is 16.5. The number of rotatable bonds is 5. The molecule has 1 heterocycles. The van der Waals surface area contributed by atoms with Gasteiger partial charge < -0.3 is 10.1 Å². The third kappa shape index (κ3) is 3.09. The molecule has 3 heteroatoms. The summed E-state index contributed by atoms with van der Waals surface area (Å²) in [7, 11) is 1.94. The molecule has 1 unspecified atom stereocenters. The lowest BCUT2D eigenvalue weighted by Gasteiger charge is -2.16. The Morgan fingerprint density at radius 2 is 2.29 bits per heavy atom. The van der Waals surface area contributed by atoms with Gasteiger partial charge >= 0.3 is 0 Å². The summed E-state index contributed by atoms with van der Waals surface area (Å²) in [5, 5.41) is 3.22. The molecule has 0 saturated carbocycles. The molecule has 0 aromatic carbocycles. The molecule has 78 valence electrons. The fourth-order valence-electron chi connectivity index (χ4n) is 1.35. The Kier molecular flexibility index (Phi) is 4.56. The van der Waals surface area contributed by atoms with E-state index in [1.54, 1.807) is 0 Å². The molecule has 0 radical (unpaired) electrons. The lowest BCUT2D eigenvalue weighted by Crippen LogP contribution is -2.22. The average molecular weight is 194 g/mol. The van der Waals surface area contributed by atoms with E-state index in [9.17, 15) is 0 Å². The van der Waals surface area contributed by atoms with E-state index in [0.29, 0.717) is 6.61 Å². The molecule has 3 nitrogen and oxygen atoms in total. The number of hydrogen-bond donors (Lipinski definition) is 1. The standard InChI is InChI=1S/C11H18N2O/c1-4-14-8-11(12-3)10-5-9(2)6-13-7-10/h5-7,11-12H,4,8H2,1-3H3. The summed E-state index contributed by atoms with van der Waals surface area (Å²) >= 11 is 0. The van der Waals surface area contributed by atoms with Crippen molar-refractivity contribution < 1.29 is 4.74 Å². The zero-order valence-electron chi connectivity index (χ0n) is 9.08. The van der Waals surface area contributed by atoms with Crippen molar-refractivity contribution in [2.24, 2.45) is 0 Å². The third-order valence-corrected chi connectivity index (χ3v) is 2.14. The van der Waals surface area contributed by atoms with Gasteiger partial charge in [0.2, 0.25) is 0 Å². The van der Waals surface area contributed by atoms with Crippen molar-refractivity contribution >= 4 is 0 Å². The van der Waals surface area contributed by atoms with Crippen molar-refractivity contribution in [2.75, 3.05) is 20.3 Å². The second kappa shape index (κ2) is 5.73. The van der Waals surface area contributed by atoms with Crippen molar-refractivity contribution in [1.29, 1.82) is 0 Å². The van der Waals surface area contributed by atoms with Crippen LogP contribution in [0.2, 0.25) is 0 Å². The topological polar surface area (TPSA) is 34.1 Å². The number of aryl methyl sites for hydroxylation is 1. The van der Waals surface area contributed by atoms with Crippen LogP contribution < -0.4 is 5.32 Å². The molecule has 1 aromatic rings. The minimum atomic E-state index is 0.238.